The lowest BCUT2D eigenvalue weighted by atomic mass is 10.0. The van der Waals surface area contributed by atoms with Crippen LogP contribution >= 0.6 is 0 Å². The van der Waals surface area contributed by atoms with Crippen LogP contribution in [0.15, 0.2) is 79.1 Å². The highest BCUT2D eigenvalue weighted by Gasteiger charge is 2.30. The molecule has 4 rings (SSSR count). The van der Waals surface area contributed by atoms with Gasteiger partial charge in [0.15, 0.2) is 0 Å². The van der Waals surface area contributed by atoms with E-state index in [0.29, 0.717) is 33.4 Å². The number of fused-ring (bicyclic) bond motifs is 1. The van der Waals surface area contributed by atoms with Gasteiger partial charge in [0.25, 0.3) is 5.91 Å². The number of aromatic nitrogens is 2. The van der Waals surface area contributed by atoms with E-state index >= 15 is 0 Å². The summed E-state index contributed by atoms with van der Waals surface area (Å²) in [5, 5.41) is 3.46. The van der Waals surface area contributed by atoms with Crippen molar-refractivity contribution in [3.63, 3.8) is 0 Å². The van der Waals surface area contributed by atoms with Gasteiger partial charge in [-0.25, -0.2) is 4.98 Å². The molecule has 2 aromatic carbocycles. The Labute approximate surface area is 164 Å². The summed E-state index contributed by atoms with van der Waals surface area (Å²) >= 11 is 0. The molecule has 2 heterocycles. The maximum atomic E-state index is 13.0. The zero-order chi connectivity index (χ0) is 20.4. The fourth-order valence-corrected chi connectivity index (χ4v) is 2.98. The van der Waals surface area contributed by atoms with E-state index in [1.807, 2.05) is 0 Å². The topological polar surface area (TPSA) is 54.9 Å². The molecule has 0 aliphatic carbocycles. The third-order valence-electron chi connectivity index (χ3n) is 4.37. The van der Waals surface area contributed by atoms with Gasteiger partial charge in [0.05, 0.1) is 34.2 Å². The van der Waals surface area contributed by atoms with Crippen molar-refractivity contribution in [2.24, 2.45) is 0 Å². The fourth-order valence-electron chi connectivity index (χ4n) is 2.98. The number of benzene rings is 2. The molecule has 0 aliphatic heterocycles. The smallest absolute Gasteiger partial charge is 0.321 e. The Kier molecular flexibility index (Phi) is 4.72. The van der Waals surface area contributed by atoms with Crippen LogP contribution in [0.25, 0.3) is 22.2 Å². The first-order chi connectivity index (χ1) is 13.9. The Morgan fingerprint density at radius 3 is 2.52 bits per heavy atom. The minimum absolute atomic E-state index is 0.320. The molecule has 0 fully saturated rings. The van der Waals surface area contributed by atoms with Crippen molar-refractivity contribution in [3.8, 4) is 11.3 Å². The van der Waals surface area contributed by atoms with Crippen LogP contribution in [0.1, 0.15) is 15.9 Å². The summed E-state index contributed by atoms with van der Waals surface area (Å²) in [6, 6.07) is 16.9. The second kappa shape index (κ2) is 7.35. The summed E-state index contributed by atoms with van der Waals surface area (Å²) in [6.07, 6.45) is -1.33. The SMILES string of the molecule is O=C(Nc1cccnc1)c1cccc2ccc(-c3cccc(C(F)(F)F)c3)nc12. The van der Waals surface area contributed by atoms with E-state index in [9.17, 15) is 18.0 Å². The standard InChI is InChI=1S/C22H14F3N3O/c23-22(24,25)16-6-1-5-15(12-16)19-10-9-14-4-2-8-18(20(14)28-19)21(29)27-17-7-3-11-26-13-17/h1-13H,(H,27,29). The van der Waals surface area contributed by atoms with E-state index < -0.39 is 11.7 Å². The van der Waals surface area contributed by atoms with Gasteiger partial charge < -0.3 is 5.32 Å². The molecule has 29 heavy (non-hydrogen) atoms. The third kappa shape index (κ3) is 3.94. The highest BCUT2D eigenvalue weighted by atomic mass is 19.4. The molecule has 0 saturated carbocycles. The minimum atomic E-state index is -4.44. The number of nitrogens with one attached hydrogen (secondary N) is 1. The van der Waals surface area contributed by atoms with Gasteiger partial charge >= 0.3 is 6.18 Å². The van der Waals surface area contributed by atoms with E-state index in [-0.39, 0.29) is 5.91 Å². The summed E-state index contributed by atoms with van der Waals surface area (Å²) < 4.78 is 39.1. The molecule has 0 unspecified atom stereocenters. The number of alkyl halides is 3. The molecule has 0 spiro atoms. The molecule has 0 aliphatic rings. The molecule has 0 bridgehead atoms. The zero-order valence-electron chi connectivity index (χ0n) is 14.9. The molecular formula is C22H14F3N3O. The number of para-hydroxylation sites is 1. The highest BCUT2D eigenvalue weighted by Crippen LogP contribution is 2.32. The van der Waals surface area contributed by atoms with Crippen LogP contribution in [-0.2, 0) is 6.18 Å². The number of anilines is 1. The summed E-state index contributed by atoms with van der Waals surface area (Å²) in [5.74, 6) is -0.378. The first kappa shape index (κ1) is 18.6. The maximum absolute atomic E-state index is 13.0. The van der Waals surface area contributed by atoms with Gasteiger partial charge in [-0.05, 0) is 36.4 Å². The van der Waals surface area contributed by atoms with Crippen LogP contribution in [0.2, 0.25) is 0 Å². The zero-order valence-corrected chi connectivity index (χ0v) is 14.9. The predicted molar refractivity (Wildman–Crippen MR) is 104 cm³/mol. The van der Waals surface area contributed by atoms with Crippen LogP contribution in [0, 0.1) is 0 Å². The molecule has 2 aromatic heterocycles. The van der Waals surface area contributed by atoms with Crippen molar-refractivity contribution < 1.29 is 18.0 Å². The molecule has 4 nitrogen and oxygen atoms in total. The van der Waals surface area contributed by atoms with Crippen molar-refractivity contribution in [2.75, 3.05) is 5.32 Å². The Morgan fingerprint density at radius 2 is 1.76 bits per heavy atom. The summed E-state index contributed by atoms with van der Waals surface area (Å²) in [4.78, 5) is 21.2. The minimum Gasteiger partial charge on any atom is -0.321 e. The Bertz CT molecular complexity index is 1190. The average molecular weight is 393 g/mol. The van der Waals surface area contributed by atoms with Gasteiger partial charge in [-0.2, -0.15) is 13.2 Å². The van der Waals surface area contributed by atoms with Crippen molar-refractivity contribution in [1.82, 2.24) is 9.97 Å². The summed E-state index contributed by atoms with van der Waals surface area (Å²) in [7, 11) is 0. The molecule has 0 saturated heterocycles. The molecule has 0 radical (unpaired) electrons. The largest absolute Gasteiger partial charge is 0.416 e. The number of nitrogens with zero attached hydrogens (tertiary/aromatic N) is 2. The number of pyridine rings is 2. The Hall–Kier alpha value is -3.74. The maximum Gasteiger partial charge on any atom is 0.416 e. The second-order valence-corrected chi connectivity index (χ2v) is 6.35. The highest BCUT2D eigenvalue weighted by molar-refractivity contribution is 6.12. The van der Waals surface area contributed by atoms with Crippen LogP contribution in [0.4, 0.5) is 18.9 Å². The second-order valence-electron chi connectivity index (χ2n) is 6.35. The van der Waals surface area contributed by atoms with Crippen molar-refractivity contribution in [2.45, 2.75) is 6.18 Å². The molecular weight excluding hydrogens is 379 g/mol. The van der Waals surface area contributed by atoms with Gasteiger partial charge in [0.2, 0.25) is 0 Å². The lowest BCUT2D eigenvalue weighted by molar-refractivity contribution is -0.137. The molecule has 1 amide bonds. The van der Waals surface area contributed by atoms with Crippen molar-refractivity contribution in [1.29, 1.82) is 0 Å². The lowest BCUT2D eigenvalue weighted by Crippen LogP contribution is -2.13. The van der Waals surface area contributed by atoms with Crippen LogP contribution < -0.4 is 5.32 Å². The van der Waals surface area contributed by atoms with E-state index in [0.717, 1.165) is 12.1 Å². The van der Waals surface area contributed by atoms with E-state index in [4.69, 9.17) is 0 Å². The van der Waals surface area contributed by atoms with E-state index in [1.54, 1.807) is 54.7 Å². The lowest BCUT2D eigenvalue weighted by Gasteiger charge is -2.11. The number of carbonyl (C=O) groups excluding carboxylic acids is 1. The molecule has 1 N–H and O–H groups in total. The average Bonchev–Trinajstić information content (AvgIpc) is 2.73. The third-order valence-corrected chi connectivity index (χ3v) is 4.37. The Balaban J connectivity index is 1.76. The number of carbonyl (C=O) groups is 1. The van der Waals surface area contributed by atoms with Crippen LogP contribution in [-0.4, -0.2) is 15.9 Å². The molecule has 4 aromatic rings. The summed E-state index contributed by atoms with van der Waals surface area (Å²) in [5.41, 5.74) is 1.18. The first-order valence-electron chi connectivity index (χ1n) is 8.70. The van der Waals surface area contributed by atoms with Gasteiger partial charge in [0, 0.05) is 17.1 Å². The number of halogens is 3. The van der Waals surface area contributed by atoms with Crippen molar-refractivity contribution in [3.05, 3.63) is 90.3 Å². The normalized spacial score (nSPS) is 11.4. The number of hydrogen-bond donors (Lipinski definition) is 1. The molecule has 144 valence electrons. The first-order valence-corrected chi connectivity index (χ1v) is 8.70. The number of rotatable bonds is 3. The van der Waals surface area contributed by atoms with Crippen molar-refractivity contribution >= 4 is 22.5 Å². The summed E-state index contributed by atoms with van der Waals surface area (Å²) in [6.45, 7) is 0. The van der Waals surface area contributed by atoms with Crippen LogP contribution in [0.5, 0.6) is 0 Å². The molecule has 0 atom stereocenters. The predicted octanol–water partition coefficient (Wildman–Crippen LogP) is 5.57. The van der Waals surface area contributed by atoms with E-state index in [2.05, 4.69) is 15.3 Å². The molecule has 7 heteroatoms. The van der Waals surface area contributed by atoms with Crippen LogP contribution in [0.3, 0.4) is 0 Å². The quantitative estimate of drug-likeness (QED) is 0.495. The Morgan fingerprint density at radius 1 is 0.931 bits per heavy atom. The number of hydrogen-bond acceptors (Lipinski definition) is 3. The monoisotopic (exact) mass is 393 g/mol. The van der Waals surface area contributed by atoms with E-state index in [1.165, 1.54) is 12.3 Å². The number of amides is 1. The van der Waals surface area contributed by atoms with Gasteiger partial charge in [-0.15, -0.1) is 0 Å². The van der Waals surface area contributed by atoms with Gasteiger partial charge in [0.1, 0.15) is 0 Å². The van der Waals surface area contributed by atoms with Gasteiger partial charge in [-0.3, -0.25) is 9.78 Å². The fraction of sp³-hybridized carbons (Fsp3) is 0.0455. The van der Waals surface area contributed by atoms with Gasteiger partial charge in [-0.1, -0.05) is 30.3 Å².